The van der Waals surface area contributed by atoms with Gasteiger partial charge in [-0.25, -0.2) is 0 Å². The van der Waals surface area contributed by atoms with Crippen molar-refractivity contribution in [1.29, 1.82) is 0 Å². The number of esters is 1. The van der Waals surface area contributed by atoms with Crippen molar-refractivity contribution in [2.45, 2.75) is 63.8 Å². The number of rotatable bonds is 7. The molecule has 0 bridgehead atoms. The van der Waals surface area contributed by atoms with Crippen LogP contribution in [0.1, 0.15) is 40.0 Å². The van der Waals surface area contributed by atoms with E-state index in [1.807, 2.05) is 26.0 Å². The number of carbonyl (C=O) groups is 3. The largest absolute Gasteiger partial charge is 0.461 e. The highest BCUT2D eigenvalue weighted by molar-refractivity contribution is 5.99. The number of amides is 2. The third kappa shape index (κ3) is 3.57. The molecule has 32 heavy (non-hydrogen) atoms. The molecule has 2 saturated heterocycles. The molecule has 0 aromatic rings. The van der Waals surface area contributed by atoms with Crippen LogP contribution < -0.4 is 0 Å². The van der Waals surface area contributed by atoms with Crippen molar-refractivity contribution in [3.63, 3.8) is 0 Å². The number of nitrogens with zero attached hydrogens (tertiary/aromatic N) is 2. The fourth-order valence-electron chi connectivity index (χ4n) is 5.72. The summed E-state index contributed by atoms with van der Waals surface area (Å²) in [5.74, 6) is -2.44. The molecule has 4 aliphatic rings. The number of hydrogen-bond acceptors (Lipinski definition) is 6. The van der Waals surface area contributed by atoms with Crippen LogP contribution in [0.3, 0.4) is 0 Å². The van der Waals surface area contributed by atoms with Crippen LogP contribution in [-0.4, -0.2) is 82.8 Å². The number of unbranched alkanes of at least 4 members (excludes halogenated alkanes) is 1. The zero-order valence-electron chi connectivity index (χ0n) is 19.1. The van der Waals surface area contributed by atoms with E-state index in [2.05, 4.69) is 6.92 Å². The molecular formula is C24H34N2O6. The molecule has 2 fully saturated rings. The molecule has 0 aromatic carbocycles. The summed E-state index contributed by atoms with van der Waals surface area (Å²) in [6, 6.07) is -1.45. The Bertz CT molecular complexity index is 823. The Kier molecular flexibility index (Phi) is 6.45. The molecule has 176 valence electrons. The van der Waals surface area contributed by atoms with Gasteiger partial charge in [0.1, 0.15) is 24.2 Å². The van der Waals surface area contributed by atoms with Crippen LogP contribution in [0.2, 0.25) is 0 Å². The second-order valence-electron chi connectivity index (χ2n) is 9.65. The predicted octanol–water partition coefficient (Wildman–Crippen LogP) is 1.29. The van der Waals surface area contributed by atoms with E-state index in [1.165, 1.54) is 4.90 Å². The minimum atomic E-state index is -1.25. The number of ether oxygens (including phenoxy) is 2. The summed E-state index contributed by atoms with van der Waals surface area (Å²) < 4.78 is 11.8. The van der Waals surface area contributed by atoms with Crippen LogP contribution >= 0.6 is 0 Å². The fraction of sp³-hybridized carbons (Fsp3) is 0.708. The second kappa shape index (κ2) is 8.98. The number of cyclic esters (lactones) is 1. The average molecular weight is 447 g/mol. The van der Waals surface area contributed by atoms with Crippen LogP contribution in [-0.2, 0) is 23.9 Å². The number of aliphatic hydroxyl groups is 1. The van der Waals surface area contributed by atoms with Gasteiger partial charge in [0.05, 0.1) is 24.7 Å². The first-order chi connectivity index (χ1) is 15.4. The third-order valence-corrected chi connectivity index (χ3v) is 7.06. The Labute approximate surface area is 189 Å². The predicted molar refractivity (Wildman–Crippen MR) is 116 cm³/mol. The van der Waals surface area contributed by atoms with Gasteiger partial charge in [0, 0.05) is 13.1 Å². The first-order valence-corrected chi connectivity index (χ1v) is 11.8. The van der Waals surface area contributed by atoms with Crippen molar-refractivity contribution < 1.29 is 29.0 Å². The molecule has 8 nitrogen and oxygen atoms in total. The van der Waals surface area contributed by atoms with E-state index in [1.54, 1.807) is 17.1 Å². The van der Waals surface area contributed by atoms with Gasteiger partial charge < -0.3 is 24.4 Å². The Morgan fingerprint density at radius 2 is 2.00 bits per heavy atom. The maximum absolute atomic E-state index is 13.9. The third-order valence-electron chi connectivity index (χ3n) is 7.06. The van der Waals surface area contributed by atoms with Crippen molar-refractivity contribution >= 4 is 17.8 Å². The Hall–Kier alpha value is -2.19. The lowest BCUT2D eigenvalue weighted by molar-refractivity contribution is -0.155. The van der Waals surface area contributed by atoms with Crippen molar-refractivity contribution in [2.75, 3.05) is 26.3 Å². The van der Waals surface area contributed by atoms with E-state index >= 15 is 0 Å². The van der Waals surface area contributed by atoms with Gasteiger partial charge in [-0.05, 0) is 24.8 Å². The molecule has 2 amide bonds. The molecule has 4 rings (SSSR count). The van der Waals surface area contributed by atoms with E-state index in [4.69, 9.17) is 9.47 Å². The van der Waals surface area contributed by atoms with E-state index in [-0.39, 0.29) is 30.9 Å². The standard InChI is InChI=1S/C24H34N2O6/c1-4-5-10-25-11-7-9-24-19(18-17(32-24)8-6-12-31-23(18)30)21(28)26(20(24)22(25)29)16(14-27)13-15(2)3/h6-9,15-20,27H,4-5,10-14H2,1-3H3/t16-,17-,18+,19+,20?,24+/m1/s1. The van der Waals surface area contributed by atoms with Gasteiger partial charge in [0.2, 0.25) is 11.8 Å². The average Bonchev–Trinajstić information content (AvgIpc) is 3.06. The summed E-state index contributed by atoms with van der Waals surface area (Å²) in [6.45, 7) is 7.00. The van der Waals surface area contributed by atoms with Gasteiger partial charge in [-0.1, -0.05) is 45.4 Å². The van der Waals surface area contributed by atoms with E-state index in [0.717, 1.165) is 12.8 Å². The quantitative estimate of drug-likeness (QED) is 0.468. The van der Waals surface area contributed by atoms with Crippen molar-refractivity contribution in [2.24, 2.45) is 17.8 Å². The second-order valence-corrected chi connectivity index (χ2v) is 9.65. The molecule has 1 unspecified atom stereocenters. The molecule has 0 saturated carbocycles. The van der Waals surface area contributed by atoms with Gasteiger partial charge in [-0.2, -0.15) is 0 Å². The molecule has 0 aromatic heterocycles. The van der Waals surface area contributed by atoms with Gasteiger partial charge in [-0.3, -0.25) is 14.4 Å². The molecule has 0 aliphatic carbocycles. The number of hydrogen-bond donors (Lipinski definition) is 1. The van der Waals surface area contributed by atoms with E-state index in [9.17, 15) is 19.5 Å². The topological polar surface area (TPSA) is 96.4 Å². The molecular weight excluding hydrogens is 412 g/mol. The first-order valence-electron chi connectivity index (χ1n) is 11.8. The maximum Gasteiger partial charge on any atom is 0.313 e. The number of fused-ring (bicyclic) bond motifs is 2. The lowest BCUT2D eigenvalue weighted by Gasteiger charge is -2.39. The van der Waals surface area contributed by atoms with Gasteiger partial charge >= 0.3 is 5.97 Å². The normalized spacial score (nSPS) is 34.8. The molecule has 1 spiro atoms. The Morgan fingerprint density at radius 1 is 1.22 bits per heavy atom. The van der Waals surface area contributed by atoms with Crippen LogP contribution in [0, 0.1) is 17.8 Å². The highest BCUT2D eigenvalue weighted by Crippen LogP contribution is 2.54. The minimum absolute atomic E-state index is 0.141. The smallest absolute Gasteiger partial charge is 0.313 e. The number of likely N-dealkylation sites (tertiary alicyclic amines) is 1. The zero-order valence-corrected chi connectivity index (χ0v) is 19.1. The van der Waals surface area contributed by atoms with E-state index < -0.39 is 41.6 Å². The first kappa shape index (κ1) is 23.0. The van der Waals surface area contributed by atoms with Crippen molar-refractivity contribution in [3.8, 4) is 0 Å². The minimum Gasteiger partial charge on any atom is -0.461 e. The van der Waals surface area contributed by atoms with E-state index in [0.29, 0.717) is 19.5 Å². The number of carbonyl (C=O) groups excluding carboxylic acids is 3. The summed E-state index contributed by atoms with van der Waals surface area (Å²) in [6.07, 6.45) is 8.92. The van der Waals surface area contributed by atoms with Gasteiger partial charge in [0.25, 0.3) is 0 Å². The van der Waals surface area contributed by atoms with Crippen LogP contribution in [0.4, 0.5) is 0 Å². The summed E-state index contributed by atoms with van der Waals surface area (Å²) in [5.41, 5.74) is -1.25. The lowest BCUT2D eigenvalue weighted by atomic mass is 9.78. The van der Waals surface area contributed by atoms with Crippen molar-refractivity contribution in [1.82, 2.24) is 9.80 Å². The molecule has 0 radical (unpaired) electrons. The monoisotopic (exact) mass is 446 g/mol. The van der Waals surface area contributed by atoms with Crippen LogP contribution in [0.5, 0.6) is 0 Å². The maximum atomic E-state index is 13.9. The Morgan fingerprint density at radius 3 is 2.69 bits per heavy atom. The highest BCUT2D eigenvalue weighted by atomic mass is 16.6. The summed E-state index contributed by atoms with van der Waals surface area (Å²) in [5, 5.41) is 10.2. The fourth-order valence-corrected chi connectivity index (χ4v) is 5.72. The molecule has 4 heterocycles. The molecule has 8 heteroatoms. The van der Waals surface area contributed by atoms with Gasteiger partial charge in [-0.15, -0.1) is 0 Å². The SMILES string of the molecule is CCCCN1CC=C[C@]23O[C@@H]4C=CCOC(=O)[C@@H]4[C@H]2C(=O)N([C@@H](CO)CC(C)C)C3C1=O. The molecule has 6 atom stereocenters. The number of aliphatic hydroxyl groups excluding tert-OH is 1. The van der Waals surface area contributed by atoms with Crippen LogP contribution in [0.25, 0.3) is 0 Å². The summed E-state index contributed by atoms with van der Waals surface area (Å²) in [7, 11) is 0. The van der Waals surface area contributed by atoms with Gasteiger partial charge in [0.15, 0.2) is 0 Å². The molecule has 1 N–H and O–H groups in total. The molecule has 4 aliphatic heterocycles. The lowest BCUT2D eigenvalue weighted by Crippen LogP contribution is -2.58. The Balaban J connectivity index is 1.82. The van der Waals surface area contributed by atoms with Crippen molar-refractivity contribution in [3.05, 3.63) is 24.3 Å². The summed E-state index contributed by atoms with van der Waals surface area (Å²) >= 11 is 0. The summed E-state index contributed by atoms with van der Waals surface area (Å²) in [4.78, 5) is 44.0. The zero-order chi connectivity index (χ0) is 23.0. The van der Waals surface area contributed by atoms with Crippen LogP contribution in [0.15, 0.2) is 24.3 Å². The highest BCUT2D eigenvalue weighted by Gasteiger charge is 2.72.